The van der Waals surface area contributed by atoms with Gasteiger partial charge in [0.2, 0.25) is 12.7 Å². The number of rotatable bonds is 6. The van der Waals surface area contributed by atoms with Crippen LogP contribution >= 0.6 is 0 Å². The second kappa shape index (κ2) is 7.09. The fraction of sp³-hybridized carbons (Fsp3) is 0.294. The molecule has 1 aliphatic carbocycles. The van der Waals surface area contributed by atoms with Gasteiger partial charge in [-0.3, -0.25) is 0 Å². The Labute approximate surface area is 133 Å². The Balaban J connectivity index is 1.45. The quantitative estimate of drug-likeness (QED) is 0.861. The van der Waals surface area contributed by atoms with E-state index >= 15 is 0 Å². The van der Waals surface area contributed by atoms with Crippen LogP contribution in [-0.4, -0.2) is 23.9 Å². The SMILES string of the molecule is O=C(NCc1ccnc(OCF)c1)N[C@@H]1C[C@H]1c1ccccc1. The van der Waals surface area contributed by atoms with Crippen LogP contribution in [0.5, 0.6) is 5.88 Å². The van der Waals surface area contributed by atoms with E-state index in [9.17, 15) is 9.18 Å². The van der Waals surface area contributed by atoms with Gasteiger partial charge in [-0.2, -0.15) is 0 Å². The average Bonchev–Trinajstić information content (AvgIpc) is 3.34. The molecular formula is C17H18FN3O2. The zero-order valence-corrected chi connectivity index (χ0v) is 12.5. The van der Waals surface area contributed by atoms with Gasteiger partial charge in [-0.05, 0) is 23.6 Å². The van der Waals surface area contributed by atoms with Crippen molar-refractivity contribution in [3.05, 3.63) is 59.8 Å². The summed E-state index contributed by atoms with van der Waals surface area (Å²) in [7, 11) is 0. The number of alkyl halides is 1. The highest BCUT2D eigenvalue weighted by atomic mass is 19.1. The first-order valence-corrected chi connectivity index (χ1v) is 7.49. The zero-order chi connectivity index (χ0) is 16.1. The fourth-order valence-corrected chi connectivity index (χ4v) is 2.52. The van der Waals surface area contributed by atoms with Crippen LogP contribution in [0, 0.1) is 0 Å². The molecule has 0 unspecified atom stereocenters. The smallest absolute Gasteiger partial charge is 0.315 e. The van der Waals surface area contributed by atoms with E-state index in [-0.39, 0.29) is 18.0 Å². The number of urea groups is 1. The maximum atomic E-state index is 12.1. The Morgan fingerprint density at radius 3 is 2.91 bits per heavy atom. The van der Waals surface area contributed by atoms with E-state index in [1.807, 2.05) is 18.2 Å². The van der Waals surface area contributed by atoms with Crippen molar-refractivity contribution in [3.8, 4) is 5.88 Å². The Kier molecular flexibility index (Phi) is 4.71. The molecule has 2 atom stereocenters. The summed E-state index contributed by atoms with van der Waals surface area (Å²) in [6.07, 6.45) is 2.48. The van der Waals surface area contributed by atoms with Crippen LogP contribution in [0.1, 0.15) is 23.5 Å². The van der Waals surface area contributed by atoms with E-state index < -0.39 is 6.86 Å². The summed E-state index contributed by atoms with van der Waals surface area (Å²) in [5, 5.41) is 5.74. The lowest BCUT2D eigenvalue weighted by Crippen LogP contribution is -2.36. The Morgan fingerprint density at radius 1 is 1.30 bits per heavy atom. The number of nitrogens with zero attached hydrogens (tertiary/aromatic N) is 1. The monoisotopic (exact) mass is 315 g/mol. The third kappa shape index (κ3) is 4.18. The van der Waals surface area contributed by atoms with Crippen molar-refractivity contribution < 1.29 is 13.9 Å². The highest BCUT2D eigenvalue weighted by molar-refractivity contribution is 5.74. The molecule has 1 aromatic carbocycles. The van der Waals surface area contributed by atoms with Crippen molar-refractivity contribution >= 4 is 6.03 Å². The molecule has 1 aromatic heterocycles. The topological polar surface area (TPSA) is 63.2 Å². The number of halogens is 1. The highest BCUT2D eigenvalue weighted by Crippen LogP contribution is 2.40. The molecule has 0 spiro atoms. The first kappa shape index (κ1) is 15.3. The van der Waals surface area contributed by atoms with Gasteiger partial charge >= 0.3 is 6.03 Å². The maximum Gasteiger partial charge on any atom is 0.315 e. The van der Waals surface area contributed by atoms with Crippen LogP contribution in [0.4, 0.5) is 9.18 Å². The van der Waals surface area contributed by atoms with E-state index in [1.54, 1.807) is 12.1 Å². The van der Waals surface area contributed by atoms with Gasteiger partial charge in [-0.15, -0.1) is 0 Å². The van der Waals surface area contributed by atoms with Crippen molar-refractivity contribution in [1.82, 2.24) is 15.6 Å². The molecule has 120 valence electrons. The molecule has 0 aliphatic heterocycles. The number of pyridine rings is 1. The van der Waals surface area contributed by atoms with Crippen molar-refractivity contribution in [2.24, 2.45) is 0 Å². The summed E-state index contributed by atoms with van der Waals surface area (Å²) in [6.45, 7) is -0.591. The van der Waals surface area contributed by atoms with E-state index in [0.717, 1.165) is 12.0 Å². The molecule has 23 heavy (non-hydrogen) atoms. The van der Waals surface area contributed by atoms with Gasteiger partial charge in [-0.25, -0.2) is 14.2 Å². The highest BCUT2D eigenvalue weighted by Gasteiger charge is 2.39. The van der Waals surface area contributed by atoms with Crippen LogP contribution < -0.4 is 15.4 Å². The molecule has 0 radical (unpaired) electrons. The van der Waals surface area contributed by atoms with Crippen LogP contribution in [0.3, 0.4) is 0 Å². The van der Waals surface area contributed by atoms with Gasteiger partial charge in [0.25, 0.3) is 0 Å². The molecule has 2 N–H and O–H groups in total. The molecule has 1 heterocycles. The summed E-state index contributed by atoms with van der Waals surface area (Å²) < 4.78 is 16.8. The van der Waals surface area contributed by atoms with Gasteiger partial charge in [0.05, 0.1) is 0 Å². The standard InChI is InChI=1S/C17H18FN3O2/c18-11-23-16-8-12(6-7-19-16)10-20-17(22)21-15-9-14(15)13-4-2-1-3-5-13/h1-8,14-15H,9-11H2,(H2,20,21,22)/t14-,15+/m0/s1. The number of nitrogens with one attached hydrogen (secondary N) is 2. The lowest BCUT2D eigenvalue weighted by atomic mass is 10.1. The Morgan fingerprint density at radius 2 is 2.13 bits per heavy atom. The number of benzene rings is 1. The van der Waals surface area contributed by atoms with Gasteiger partial charge < -0.3 is 15.4 Å². The van der Waals surface area contributed by atoms with E-state index in [2.05, 4.69) is 32.5 Å². The summed E-state index contributed by atoms with van der Waals surface area (Å²) in [5.41, 5.74) is 2.05. The summed E-state index contributed by atoms with van der Waals surface area (Å²) >= 11 is 0. The van der Waals surface area contributed by atoms with Crippen LogP contribution in [0.25, 0.3) is 0 Å². The van der Waals surface area contributed by atoms with Gasteiger partial charge in [0.1, 0.15) is 0 Å². The third-order valence-electron chi connectivity index (χ3n) is 3.79. The van der Waals surface area contributed by atoms with Crippen molar-refractivity contribution in [3.63, 3.8) is 0 Å². The first-order chi connectivity index (χ1) is 11.3. The molecule has 1 aliphatic rings. The number of amides is 2. The molecule has 0 bridgehead atoms. The number of carbonyl (C=O) groups is 1. The Bertz CT molecular complexity index is 666. The molecule has 3 rings (SSSR count). The molecule has 1 saturated carbocycles. The number of hydrogen-bond acceptors (Lipinski definition) is 3. The number of aromatic nitrogens is 1. The number of hydrogen-bond donors (Lipinski definition) is 2. The molecule has 2 amide bonds. The van der Waals surface area contributed by atoms with E-state index in [1.165, 1.54) is 11.8 Å². The van der Waals surface area contributed by atoms with Gasteiger partial charge in [0, 0.05) is 30.8 Å². The van der Waals surface area contributed by atoms with E-state index in [4.69, 9.17) is 0 Å². The average molecular weight is 315 g/mol. The minimum atomic E-state index is -0.924. The largest absolute Gasteiger partial charge is 0.446 e. The normalized spacial score (nSPS) is 19.0. The van der Waals surface area contributed by atoms with Gasteiger partial charge in [0.15, 0.2) is 0 Å². The number of ether oxygens (including phenoxy) is 1. The summed E-state index contributed by atoms with van der Waals surface area (Å²) in [6, 6.07) is 13.5. The van der Waals surface area contributed by atoms with Crippen molar-refractivity contribution in [1.29, 1.82) is 0 Å². The molecule has 2 aromatic rings. The molecule has 1 fully saturated rings. The maximum absolute atomic E-state index is 12.1. The zero-order valence-electron chi connectivity index (χ0n) is 12.5. The van der Waals surface area contributed by atoms with Crippen LogP contribution in [-0.2, 0) is 6.54 Å². The van der Waals surface area contributed by atoms with Crippen LogP contribution in [0.15, 0.2) is 48.7 Å². The summed E-state index contributed by atoms with van der Waals surface area (Å²) in [5.74, 6) is 0.603. The molecule has 0 saturated heterocycles. The minimum Gasteiger partial charge on any atom is -0.446 e. The predicted molar refractivity (Wildman–Crippen MR) is 83.8 cm³/mol. The second-order valence-corrected chi connectivity index (χ2v) is 5.44. The van der Waals surface area contributed by atoms with Crippen molar-refractivity contribution in [2.75, 3.05) is 6.86 Å². The fourth-order valence-electron chi connectivity index (χ4n) is 2.52. The first-order valence-electron chi connectivity index (χ1n) is 7.49. The summed E-state index contributed by atoms with van der Waals surface area (Å²) in [4.78, 5) is 15.8. The third-order valence-corrected chi connectivity index (χ3v) is 3.79. The van der Waals surface area contributed by atoms with Gasteiger partial charge in [-0.1, -0.05) is 30.3 Å². The molecular weight excluding hydrogens is 297 g/mol. The van der Waals surface area contributed by atoms with Crippen molar-refractivity contribution in [2.45, 2.75) is 24.9 Å². The lowest BCUT2D eigenvalue weighted by molar-refractivity contribution is 0.184. The Hall–Kier alpha value is -2.63. The second-order valence-electron chi connectivity index (χ2n) is 5.44. The molecule has 5 nitrogen and oxygen atoms in total. The minimum absolute atomic E-state index is 0.181. The van der Waals surface area contributed by atoms with E-state index in [0.29, 0.717) is 12.5 Å². The predicted octanol–water partition coefficient (Wildman–Crippen LogP) is 2.74. The molecule has 6 heteroatoms. The van der Waals surface area contributed by atoms with Crippen LogP contribution in [0.2, 0.25) is 0 Å². The lowest BCUT2D eigenvalue weighted by Gasteiger charge is -2.08. The number of carbonyl (C=O) groups excluding carboxylic acids is 1.